The van der Waals surface area contributed by atoms with Crippen molar-refractivity contribution in [3.05, 3.63) is 29.6 Å². The average Bonchev–Trinajstić information content (AvgIpc) is 2.14. The lowest BCUT2D eigenvalue weighted by Gasteiger charge is -2.06. The van der Waals surface area contributed by atoms with Gasteiger partial charge in [0, 0.05) is 6.07 Å². The lowest BCUT2D eigenvalue weighted by Crippen LogP contribution is -2.01. The molecule has 1 aromatic rings. The normalized spacial score (nSPS) is 9.21. The Bertz CT molecular complexity index is 391. The van der Waals surface area contributed by atoms with E-state index in [4.69, 9.17) is 11.2 Å². The molecule has 0 fully saturated rings. The maximum Gasteiger partial charge on any atom is 0.163 e. The molecular formula is C11H9FO2. The van der Waals surface area contributed by atoms with E-state index in [0.717, 1.165) is 6.07 Å². The standard InChI is InChI=1S/C11H9FO2/c1-3-6-14-11-7-9(12)4-5-10(11)8(2)13/h1,4-5,7H,6H2,2H3. The van der Waals surface area contributed by atoms with Crippen LogP contribution in [0, 0.1) is 18.2 Å². The highest BCUT2D eigenvalue weighted by atomic mass is 19.1. The van der Waals surface area contributed by atoms with Gasteiger partial charge in [0.25, 0.3) is 0 Å². The number of carbonyl (C=O) groups excluding carboxylic acids is 1. The molecule has 72 valence electrons. The van der Waals surface area contributed by atoms with Gasteiger partial charge in [-0.05, 0) is 19.1 Å². The largest absolute Gasteiger partial charge is 0.480 e. The lowest BCUT2D eigenvalue weighted by molar-refractivity contribution is 0.101. The number of Topliss-reactive ketones (excluding diaryl/α,β-unsaturated/α-hetero) is 1. The molecule has 0 heterocycles. The molecule has 14 heavy (non-hydrogen) atoms. The Hall–Kier alpha value is -1.82. The van der Waals surface area contributed by atoms with E-state index in [1.54, 1.807) is 0 Å². The molecule has 0 unspecified atom stereocenters. The van der Waals surface area contributed by atoms with Gasteiger partial charge in [-0.15, -0.1) is 6.42 Å². The molecule has 0 aliphatic carbocycles. The van der Waals surface area contributed by atoms with Gasteiger partial charge in [0.2, 0.25) is 0 Å². The predicted octanol–water partition coefficient (Wildman–Crippen LogP) is 2.04. The summed E-state index contributed by atoms with van der Waals surface area (Å²) in [6.07, 6.45) is 4.99. The number of benzene rings is 1. The summed E-state index contributed by atoms with van der Waals surface area (Å²) in [5, 5.41) is 0. The first kappa shape index (κ1) is 10.3. The Labute approximate surface area is 81.7 Å². The van der Waals surface area contributed by atoms with E-state index in [1.807, 2.05) is 0 Å². The zero-order valence-corrected chi connectivity index (χ0v) is 7.71. The van der Waals surface area contributed by atoms with Gasteiger partial charge in [0.05, 0.1) is 5.56 Å². The van der Waals surface area contributed by atoms with Crippen molar-refractivity contribution < 1.29 is 13.9 Å². The van der Waals surface area contributed by atoms with E-state index in [0.29, 0.717) is 5.56 Å². The van der Waals surface area contributed by atoms with Crippen molar-refractivity contribution in [3.8, 4) is 18.1 Å². The van der Waals surface area contributed by atoms with Crippen LogP contribution >= 0.6 is 0 Å². The summed E-state index contributed by atoms with van der Waals surface area (Å²) in [5.74, 6) is 1.80. The Morgan fingerprint density at radius 2 is 2.36 bits per heavy atom. The molecule has 0 saturated carbocycles. The molecule has 3 heteroatoms. The van der Waals surface area contributed by atoms with Crippen LogP contribution in [0.5, 0.6) is 5.75 Å². The van der Waals surface area contributed by atoms with Gasteiger partial charge in [-0.2, -0.15) is 0 Å². The summed E-state index contributed by atoms with van der Waals surface area (Å²) >= 11 is 0. The van der Waals surface area contributed by atoms with E-state index < -0.39 is 5.82 Å². The summed E-state index contributed by atoms with van der Waals surface area (Å²) in [6.45, 7) is 1.40. The monoisotopic (exact) mass is 192 g/mol. The molecule has 0 atom stereocenters. The van der Waals surface area contributed by atoms with Crippen molar-refractivity contribution in [3.63, 3.8) is 0 Å². The molecule has 0 bridgehead atoms. The van der Waals surface area contributed by atoms with E-state index in [-0.39, 0.29) is 18.1 Å². The summed E-state index contributed by atoms with van der Waals surface area (Å²) in [6, 6.07) is 3.73. The third kappa shape index (κ3) is 2.33. The fourth-order valence-electron chi connectivity index (χ4n) is 1.03. The quantitative estimate of drug-likeness (QED) is 0.541. The van der Waals surface area contributed by atoms with Gasteiger partial charge in [-0.1, -0.05) is 5.92 Å². The molecule has 0 aliphatic rings. The first-order chi connectivity index (χ1) is 6.65. The summed E-state index contributed by atoms with van der Waals surface area (Å²) in [4.78, 5) is 11.1. The van der Waals surface area contributed by atoms with Crippen LogP contribution in [0.4, 0.5) is 4.39 Å². The van der Waals surface area contributed by atoms with Gasteiger partial charge < -0.3 is 4.74 Å². The maximum atomic E-state index is 12.8. The number of hydrogen-bond donors (Lipinski definition) is 0. The Balaban J connectivity index is 3.04. The number of terminal acetylenes is 1. The minimum absolute atomic E-state index is 0.0176. The minimum Gasteiger partial charge on any atom is -0.480 e. The number of carbonyl (C=O) groups is 1. The first-order valence-electron chi connectivity index (χ1n) is 4.02. The highest BCUT2D eigenvalue weighted by Crippen LogP contribution is 2.20. The van der Waals surface area contributed by atoms with Crippen LogP contribution in [0.15, 0.2) is 18.2 Å². The Morgan fingerprint density at radius 1 is 1.64 bits per heavy atom. The van der Waals surface area contributed by atoms with Crippen LogP contribution in [-0.4, -0.2) is 12.4 Å². The fourth-order valence-corrected chi connectivity index (χ4v) is 1.03. The molecule has 0 aromatic heterocycles. The van der Waals surface area contributed by atoms with Gasteiger partial charge in [-0.3, -0.25) is 4.79 Å². The van der Waals surface area contributed by atoms with Crippen LogP contribution in [0.25, 0.3) is 0 Å². The number of hydrogen-bond acceptors (Lipinski definition) is 2. The molecule has 0 amide bonds. The average molecular weight is 192 g/mol. The Morgan fingerprint density at radius 3 is 2.93 bits per heavy atom. The molecule has 1 aromatic carbocycles. The van der Waals surface area contributed by atoms with Crippen molar-refractivity contribution in [2.75, 3.05) is 6.61 Å². The maximum absolute atomic E-state index is 12.8. The molecule has 0 aliphatic heterocycles. The lowest BCUT2D eigenvalue weighted by atomic mass is 10.1. The number of ether oxygens (including phenoxy) is 1. The third-order valence-electron chi connectivity index (χ3n) is 1.63. The first-order valence-corrected chi connectivity index (χ1v) is 4.02. The zero-order chi connectivity index (χ0) is 10.6. The van der Waals surface area contributed by atoms with Crippen LogP contribution in [0.3, 0.4) is 0 Å². The van der Waals surface area contributed by atoms with Crippen LogP contribution in [0.1, 0.15) is 17.3 Å². The predicted molar refractivity (Wildman–Crippen MR) is 50.7 cm³/mol. The van der Waals surface area contributed by atoms with Crippen molar-refractivity contribution in [2.45, 2.75) is 6.92 Å². The van der Waals surface area contributed by atoms with Crippen LogP contribution in [0.2, 0.25) is 0 Å². The van der Waals surface area contributed by atoms with Crippen molar-refractivity contribution in [2.24, 2.45) is 0 Å². The van der Waals surface area contributed by atoms with Gasteiger partial charge in [0.15, 0.2) is 5.78 Å². The van der Waals surface area contributed by atoms with Crippen molar-refractivity contribution in [1.82, 2.24) is 0 Å². The van der Waals surface area contributed by atoms with E-state index in [1.165, 1.54) is 19.1 Å². The van der Waals surface area contributed by atoms with Crippen LogP contribution in [-0.2, 0) is 0 Å². The second kappa shape index (κ2) is 4.43. The number of ketones is 1. The molecule has 0 radical (unpaired) electrons. The molecular weight excluding hydrogens is 183 g/mol. The molecule has 0 spiro atoms. The second-order valence-electron chi connectivity index (χ2n) is 2.69. The highest BCUT2D eigenvalue weighted by Gasteiger charge is 2.08. The number of halogens is 1. The summed E-state index contributed by atoms with van der Waals surface area (Å²) < 4.78 is 17.8. The second-order valence-corrected chi connectivity index (χ2v) is 2.69. The van der Waals surface area contributed by atoms with E-state index in [2.05, 4.69) is 5.92 Å². The van der Waals surface area contributed by atoms with Crippen molar-refractivity contribution >= 4 is 5.78 Å². The summed E-state index contributed by atoms with van der Waals surface area (Å²) in [7, 11) is 0. The Kier molecular flexibility index (Phi) is 3.24. The summed E-state index contributed by atoms with van der Waals surface area (Å²) in [5.41, 5.74) is 0.335. The SMILES string of the molecule is C#CCOc1cc(F)ccc1C(C)=O. The smallest absolute Gasteiger partial charge is 0.163 e. The third-order valence-corrected chi connectivity index (χ3v) is 1.63. The fraction of sp³-hybridized carbons (Fsp3) is 0.182. The molecule has 2 nitrogen and oxygen atoms in total. The molecule has 0 saturated heterocycles. The minimum atomic E-state index is -0.456. The molecule has 0 N–H and O–H groups in total. The molecule has 1 rings (SSSR count). The topological polar surface area (TPSA) is 26.3 Å². The zero-order valence-electron chi connectivity index (χ0n) is 7.71. The van der Waals surface area contributed by atoms with E-state index in [9.17, 15) is 9.18 Å². The van der Waals surface area contributed by atoms with Crippen molar-refractivity contribution in [1.29, 1.82) is 0 Å². The van der Waals surface area contributed by atoms with E-state index >= 15 is 0 Å². The van der Waals surface area contributed by atoms with Gasteiger partial charge >= 0.3 is 0 Å². The van der Waals surface area contributed by atoms with Crippen LogP contribution < -0.4 is 4.74 Å². The van der Waals surface area contributed by atoms with Gasteiger partial charge in [-0.25, -0.2) is 4.39 Å². The van der Waals surface area contributed by atoms with Gasteiger partial charge in [0.1, 0.15) is 18.2 Å². The number of rotatable bonds is 3. The highest BCUT2D eigenvalue weighted by molar-refractivity contribution is 5.96.